The van der Waals surface area contributed by atoms with E-state index in [9.17, 15) is 4.79 Å². The zero-order valence-electron chi connectivity index (χ0n) is 7.87. The van der Waals surface area contributed by atoms with Gasteiger partial charge in [0.2, 0.25) is 0 Å². The first kappa shape index (κ1) is 14.7. The summed E-state index contributed by atoms with van der Waals surface area (Å²) in [6.45, 7) is 0. The van der Waals surface area contributed by atoms with E-state index < -0.39 is 12.0 Å². The third-order valence-electron chi connectivity index (χ3n) is 1.75. The molecular formula is C9H10BrCl2NO2. The number of ether oxygens (including phenoxy) is 1. The Bertz CT molecular complexity index is 360. The van der Waals surface area contributed by atoms with E-state index in [2.05, 4.69) is 20.7 Å². The van der Waals surface area contributed by atoms with Crippen molar-refractivity contribution in [2.24, 2.45) is 5.73 Å². The van der Waals surface area contributed by atoms with E-state index in [-0.39, 0.29) is 12.4 Å². The third-order valence-corrected chi connectivity index (χ3v) is 2.57. The molecule has 0 fully saturated rings. The van der Waals surface area contributed by atoms with Crippen LogP contribution in [0, 0.1) is 0 Å². The van der Waals surface area contributed by atoms with Gasteiger partial charge in [-0.05, 0) is 17.7 Å². The first-order valence-corrected chi connectivity index (χ1v) is 5.01. The Hall–Kier alpha value is -0.290. The van der Waals surface area contributed by atoms with Gasteiger partial charge in [-0.25, -0.2) is 0 Å². The van der Waals surface area contributed by atoms with E-state index in [0.717, 1.165) is 4.47 Å². The fourth-order valence-corrected chi connectivity index (χ4v) is 1.80. The van der Waals surface area contributed by atoms with Crippen LogP contribution in [-0.2, 0) is 9.53 Å². The molecule has 0 radical (unpaired) electrons. The van der Waals surface area contributed by atoms with Crippen molar-refractivity contribution >= 4 is 45.9 Å². The highest BCUT2D eigenvalue weighted by Crippen LogP contribution is 2.25. The number of carbonyl (C=O) groups is 1. The van der Waals surface area contributed by atoms with E-state index in [1.54, 1.807) is 18.2 Å². The highest BCUT2D eigenvalue weighted by atomic mass is 79.9. The monoisotopic (exact) mass is 313 g/mol. The molecule has 6 heteroatoms. The Morgan fingerprint density at radius 2 is 2.20 bits per heavy atom. The van der Waals surface area contributed by atoms with Gasteiger partial charge in [0.1, 0.15) is 6.04 Å². The van der Waals surface area contributed by atoms with Crippen molar-refractivity contribution < 1.29 is 9.53 Å². The molecule has 1 aromatic carbocycles. The van der Waals surface area contributed by atoms with Gasteiger partial charge in [-0.1, -0.05) is 33.6 Å². The fourth-order valence-electron chi connectivity index (χ4n) is 1.01. The Balaban J connectivity index is 0.00000196. The van der Waals surface area contributed by atoms with E-state index >= 15 is 0 Å². The van der Waals surface area contributed by atoms with Gasteiger partial charge in [-0.15, -0.1) is 12.4 Å². The third kappa shape index (κ3) is 3.65. The summed E-state index contributed by atoms with van der Waals surface area (Å²) in [5, 5.41) is 0.442. The fraction of sp³-hybridized carbons (Fsp3) is 0.222. The standard InChI is InChI=1S/C9H9BrClNO2.ClH/c1-14-9(13)8(12)6-3-2-5(10)4-7(6)11;/h2-4,8H,12H2,1H3;1H/t8-;/m1./s1. The van der Waals surface area contributed by atoms with Crippen LogP contribution in [-0.4, -0.2) is 13.1 Å². The summed E-state index contributed by atoms with van der Waals surface area (Å²) in [7, 11) is 1.29. The molecule has 15 heavy (non-hydrogen) atoms. The maximum absolute atomic E-state index is 11.1. The van der Waals surface area contributed by atoms with Crippen molar-refractivity contribution in [3.05, 3.63) is 33.3 Å². The highest BCUT2D eigenvalue weighted by Gasteiger charge is 2.18. The van der Waals surface area contributed by atoms with Gasteiger partial charge < -0.3 is 10.5 Å². The maximum atomic E-state index is 11.1. The maximum Gasteiger partial charge on any atom is 0.327 e. The number of nitrogens with two attached hydrogens (primary N) is 1. The van der Waals surface area contributed by atoms with Crippen LogP contribution in [0.1, 0.15) is 11.6 Å². The molecule has 0 aliphatic carbocycles. The van der Waals surface area contributed by atoms with E-state index in [1.165, 1.54) is 7.11 Å². The first-order valence-electron chi connectivity index (χ1n) is 3.84. The van der Waals surface area contributed by atoms with Crippen molar-refractivity contribution in [1.82, 2.24) is 0 Å². The minimum atomic E-state index is -0.833. The highest BCUT2D eigenvalue weighted by molar-refractivity contribution is 9.10. The number of hydrogen-bond acceptors (Lipinski definition) is 3. The van der Waals surface area contributed by atoms with Crippen LogP contribution in [0.2, 0.25) is 5.02 Å². The number of halogens is 3. The van der Waals surface area contributed by atoms with Crippen molar-refractivity contribution in [1.29, 1.82) is 0 Å². The lowest BCUT2D eigenvalue weighted by Gasteiger charge is -2.11. The molecule has 0 saturated heterocycles. The van der Waals surface area contributed by atoms with Crippen LogP contribution >= 0.6 is 39.9 Å². The van der Waals surface area contributed by atoms with Crippen molar-refractivity contribution in [3.8, 4) is 0 Å². The molecule has 0 heterocycles. The van der Waals surface area contributed by atoms with Gasteiger partial charge in [0.15, 0.2) is 0 Å². The topological polar surface area (TPSA) is 52.3 Å². The van der Waals surface area contributed by atoms with Gasteiger partial charge >= 0.3 is 5.97 Å². The molecule has 0 spiro atoms. The number of benzene rings is 1. The molecule has 0 aliphatic heterocycles. The summed E-state index contributed by atoms with van der Waals surface area (Å²) in [6.07, 6.45) is 0. The van der Waals surface area contributed by atoms with Gasteiger partial charge in [0.25, 0.3) is 0 Å². The second kappa shape index (κ2) is 6.33. The predicted molar refractivity (Wildman–Crippen MR) is 65.3 cm³/mol. The number of esters is 1. The number of methoxy groups -OCH3 is 1. The summed E-state index contributed by atoms with van der Waals surface area (Å²) in [6, 6.07) is 4.30. The van der Waals surface area contributed by atoms with Crippen molar-refractivity contribution in [3.63, 3.8) is 0 Å². The normalized spacial score (nSPS) is 11.5. The van der Waals surface area contributed by atoms with E-state index in [0.29, 0.717) is 10.6 Å². The minimum absolute atomic E-state index is 0. The molecule has 0 aliphatic rings. The van der Waals surface area contributed by atoms with Crippen LogP contribution in [0.25, 0.3) is 0 Å². The predicted octanol–water partition coefficient (Wildman–Crippen LogP) is 2.70. The van der Waals surface area contributed by atoms with Crippen molar-refractivity contribution in [2.45, 2.75) is 6.04 Å². The molecule has 3 nitrogen and oxygen atoms in total. The zero-order chi connectivity index (χ0) is 10.7. The second-order valence-corrected chi connectivity index (χ2v) is 3.99. The quantitative estimate of drug-likeness (QED) is 0.854. The van der Waals surface area contributed by atoms with Crippen LogP contribution < -0.4 is 5.73 Å². The zero-order valence-corrected chi connectivity index (χ0v) is 11.0. The lowest BCUT2D eigenvalue weighted by atomic mass is 10.1. The molecule has 0 aromatic heterocycles. The molecular weight excluding hydrogens is 305 g/mol. The van der Waals surface area contributed by atoms with E-state index in [1.807, 2.05) is 0 Å². The SMILES string of the molecule is COC(=O)[C@H](N)c1ccc(Br)cc1Cl.Cl. The molecule has 2 N–H and O–H groups in total. The summed E-state index contributed by atoms with van der Waals surface area (Å²) in [5.74, 6) is -0.505. The van der Waals surface area contributed by atoms with Crippen LogP contribution in [0.5, 0.6) is 0 Å². The molecule has 1 aromatic rings. The van der Waals surface area contributed by atoms with E-state index in [4.69, 9.17) is 17.3 Å². The van der Waals surface area contributed by atoms with Gasteiger partial charge in [0.05, 0.1) is 7.11 Å². The Labute approximate surface area is 107 Å². The lowest BCUT2D eigenvalue weighted by Crippen LogP contribution is -2.22. The summed E-state index contributed by atoms with van der Waals surface area (Å²) >= 11 is 9.17. The van der Waals surface area contributed by atoms with Crippen LogP contribution in [0.3, 0.4) is 0 Å². The first-order chi connectivity index (χ1) is 6.56. The second-order valence-electron chi connectivity index (χ2n) is 2.67. The molecule has 84 valence electrons. The van der Waals surface area contributed by atoms with Crippen LogP contribution in [0.15, 0.2) is 22.7 Å². The molecule has 1 atom stereocenters. The van der Waals surface area contributed by atoms with Crippen molar-refractivity contribution in [2.75, 3.05) is 7.11 Å². The summed E-state index contributed by atoms with van der Waals surface area (Å²) in [4.78, 5) is 11.1. The lowest BCUT2D eigenvalue weighted by molar-refractivity contribution is -0.142. The Morgan fingerprint density at radius 3 is 2.67 bits per heavy atom. The molecule has 1 rings (SSSR count). The average Bonchev–Trinajstić information content (AvgIpc) is 2.15. The molecule has 0 unspecified atom stereocenters. The minimum Gasteiger partial charge on any atom is -0.468 e. The number of hydrogen-bond donors (Lipinski definition) is 1. The van der Waals surface area contributed by atoms with Gasteiger partial charge in [0, 0.05) is 9.50 Å². The molecule has 0 saturated carbocycles. The number of rotatable bonds is 2. The van der Waals surface area contributed by atoms with Crippen LogP contribution in [0.4, 0.5) is 0 Å². The Morgan fingerprint density at radius 1 is 1.60 bits per heavy atom. The average molecular weight is 315 g/mol. The smallest absolute Gasteiger partial charge is 0.327 e. The van der Waals surface area contributed by atoms with Gasteiger partial charge in [-0.3, -0.25) is 4.79 Å². The Kier molecular flexibility index (Phi) is 6.20. The summed E-state index contributed by atoms with van der Waals surface area (Å²) in [5.41, 5.74) is 6.18. The molecule has 0 amide bonds. The largest absolute Gasteiger partial charge is 0.468 e. The molecule has 0 bridgehead atoms. The number of carbonyl (C=O) groups excluding carboxylic acids is 1. The summed E-state index contributed by atoms with van der Waals surface area (Å²) < 4.78 is 5.35. The van der Waals surface area contributed by atoms with Gasteiger partial charge in [-0.2, -0.15) is 0 Å².